The number of esters is 1. The standard InChI is InChI=1S/C13H18FN3O5/c1-6(2)21-12(19)10(14)22-17-8-4-7(3)9(11(15)18)16(5-8)13(17)20/h4,6,8-10H,5H2,1-3H3,(H2,15,18)/t8-,9+,10?/m1/s1. The summed E-state index contributed by atoms with van der Waals surface area (Å²) >= 11 is 0. The van der Waals surface area contributed by atoms with Crippen LogP contribution in [0.4, 0.5) is 9.18 Å². The maximum Gasteiger partial charge on any atom is 0.371 e. The Balaban J connectivity index is 2.10. The topological polar surface area (TPSA) is 102 Å². The van der Waals surface area contributed by atoms with Crippen molar-refractivity contribution in [2.45, 2.75) is 45.3 Å². The number of alkyl halides is 1. The first-order valence-corrected chi connectivity index (χ1v) is 6.81. The van der Waals surface area contributed by atoms with Crippen LogP contribution in [-0.2, 0) is 19.2 Å². The molecule has 3 atom stereocenters. The van der Waals surface area contributed by atoms with Crippen LogP contribution in [0.5, 0.6) is 0 Å². The van der Waals surface area contributed by atoms with Gasteiger partial charge in [-0.15, -0.1) is 0 Å². The zero-order chi connectivity index (χ0) is 16.6. The smallest absolute Gasteiger partial charge is 0.371 e. The third-order valence-electron chi connectivity index (χ3n) is 3.33. The van der Waals surface area contributed by atoms with Gasteiger partial charge in [-0.3, -0.25) is 4.79 Å². The summed E-state index contributed by atoms with van der Waals surface area (Å²) in [5.41, 5.74) is 5.85. The van der Waals surface area contributed by atoms with Gasteiger partial charge in [0.25, 0.3) is 0 Å². The molecule has 0 aliphatic carbocycles. The van der Waals surface area contributed by atoms with E-state index in [-0.39, 0.29) is 6.54 Å². The van der Waals surface area contributed by atoms with Crippen molar-refractivity contribution in [3.63, 3.8) is 0 Å². The van der Waals surface area contributed by atoms with Gasteiger partial charge in [-0.2, -0.15) is 5.06 Å². The summed E-state index contributed by atoms with van der Waals surface area (Å²) in [4.78, 5) is 41.0. The molecule has 2 aliphatic heterocycles. The van der Waals surface area contributed by atoms with Gasteiger partial charge in [-0.1, -0.05) is 6.08 Å². The fourth-order valence-electron chi connectivity index (χ4n) is 2.53. The molecule has 0 radical (unpaired) electrons. The van der Waals surface area contributed by atoms with Crippen LogP contribution in [0.2, 0.25) is 0 Å². The average molecular weight is 315 g/mol. The van der Waals surface area contributed by atoms with E-state index >= 15 is 0 Å². The summed E-state index contributed by atoms with van der Waals surface area (Å²) in [5, 5.41) is 0.735. The molecule has 2 heterocycles. The van der Waals surface area contributed by atoms with Crippen molar-refractivity contribution in [3.8, 4) is 0 Å². The molecule has 2 bridgehead atoms. The van der Waals surface area contributed by atoms with E-state index in [1.165, 1.54) is 4.90 Å². The quantitative estimate of drug-likeness (QED) is 0.572. The van der Waals surface area contributed by atoms with Gasteiger partial charge in [0, 0.05) is 0 Å². The fraction of sp³-hybridized carbons (Fsp3) is 0.615. The number of nitrogens with zero attached hydrogens (tertiary/aromatic N) is 2. The van der Waals surface area contributed by atoms with Crippen LogP contribution in [0, 0.1) is 0 Å². The van der Waals surface area contributed by atoms with E-state index in [1.807, 2.05) is 0 Å². The van der Waals surface area contributed by atoms with Gasteiger partial charge in [-0.05, 0) is 26.3 Å². The summed E-state index contributed by atoms with van der Waals surface area (Å²) in [6, 6.07) is -2.20. The first-order valence-electron chi connectivity index (χ1n) is 6.81. The molecule has 9 heteroatoms. The second kappa shape index (κ2) is 5.91. The molecule has 3 amide bonds. The third kappa shape index (κ3) is 2.89. The van der Waals surface area contributed by atoms with Crippen molar-refractivity contribution in [2.75, 3.05) is 6.54 Å². The summed E-state index contributed by atoms with van der Waals surface area (Å²) < 4.78 is 18.4. The van der Waals surface area contributed by atoms with E-state index in [0.717, 1.165) is 5.06 Å². The number of carbonyl (C=O) groups excluding carboxylic acids is 3. The molecule has 0 saturated carbocycles. The van der Waals surface area contributed by atoms with Crippen LogP contribution in [-0.4, -0.2) is 59.0 Å². The molecule has 0 spiro atoms. The first-order chi connectivity index (χ1) is 10.2. The number of primary amides is 1. The number of ether oxygens (including phenoxy) is 1. The van der Waals surface area contributed by atoms with Crippen molar-refractivity contribution in [1.29, 1.82) is 0 Å². The lowest BCUT2D eigenvalue weighted by atomic mass is 10.0. The minimum absolute atomic E-state index is 0.135. The predicted octanol–water partition coefficient (Wildman–Crippen LogP) is 0.0852. The summed E-state index contributed by atoms with van der Waals surface area (Å²) in [7, 11) is 0. The number of hydrogen-bond donors (Lipinski definition) is 1. The SMILES string of the molecule is CC1=C[C@@H]2CN(C(=O)N2OC(F)C(=O)OC(C)C)[C@@H]1C(N)=O. The fourth-order valence-corrected chi connectivity index (χ4v) is 2.53. The van der Waals surface area contributed by atoms with Gasteiger partial charge in [0.1, 0.15) is 6.04 Å². The number of hydroxylamine groups is 2. The highest BCUT2D eigenvalue weighted by Crippen LogP contribution is 2.30. The Kier molecular flexibility index (Phi) is 4.36. The Labute approximate surface area is 126 Å². The van der Waals surface area contributed by atoms with Crippen molar-refractivity contribution in [1.82, 2.24) is 9.96 Å². The number of rotatable bonds is 5. The van der Waals surface area contributed by atoms with Crippen molar-refractivity contribution >= 4 is 17.9 Å². The van der Waals surface area contributed by atoms with E-state index in [0.29, 0.717) is 5.57 Å². The first kappa shape index (κ1) is 16.2. The highest BCUT2D eigenvalue weighted by atomic mass is 19.1. The molecule has 0 aromatic carbocycles. The number of halogens is 1. The van der Waals surface area contributed by atoms with Crippen molar-refractivity contribution in [2.24, 2.45) is 5.73 Å². The second-order valence-corrected chi connectivity index (χ2v) is 5.45. The van der Waals surface area contributed by atoms with Crippen LogP contribution < -0.4 is 5.73 Å². The van der Waals surface area contributed by atoms with Crippen LogP contribution in [0.3, 0.4) is 0 Å². The summed E-state index contributed by atoms with van der Waals surface area (Å²) in [6.45, 7) is 4.91. The van der Waals surface area contributed by atoms with E-state index in [4.69, 9.17) is 10.6 Å². The molecule has 2 aliphatic rings. The number of nitrogens with two attached hydrogens (primary N) is 1. The molecule has 0 aromatic heterocycles. The zero-order valence-corrected chi connectivity index (χ0v) is 12.5. The maximum absolute atomic E-state index is 13.8. The molecule has 1 fully saturated rings. The van der Waals surface area contributed by atoms with Gasteiger partial charge >= 0.3 is 18.4 Å². The number of fused-ring (bicyclic) bond motifs is 2. The van der Waals surface area contributed by atoms with E-state index in [2.05, 4.69) is 4.74 Å². The third-order valence-corrected chi connectivity index (χ3v) is 3.33. The Morgan fingerprint density at radius 2 is 2.09 bits per heavy atom. The molecule has 2 rings (SSSR count). The molecular formula is C13H18FN3O5. The van der Waals surface area contributed by atoms with Gasteiger partial charge in [0.2, 0.25) is 5.91 Å². The number of urea groups is 1. The number of amides is 3. The van der Waals surface area contributed by atoms with Gasteiger partial charge in [0.15, 0.2) is 0 Å². The van der Waals surface area contributed by atoms with Gasteiger partial charge in [-0.25, -0.2) is 18.8 Å². The molecule has 1 saturated heterocycles. The molecule has 2 N–H and O–H groups in total. The Hall–Kier alpha value is -2.16. The van der Waals surface area contributed by atoms with E-state index < -0.39 is 42.5 Å². The maximum atomic E-state index is 13.8. The minimum atomic E-state index is -2.42. The normalized spacial score (nSPS) is 25.3. The lowest BCUT2D eigenvalue weighted by molar-refractivity contribution is -0.225. The Morgan fingerprint density at radius 3 is 2.64 bits per heavy atom. The molecule has 22 heavy (non-hydrogen) atoms. The van der Waals surface area contributed by atoms with Gasteiger partial charge < -0.3 is 15.4 Å². The summed E-state index contributed by atoms with van der Waals surface area (Å²) in [5.74, 6) is -1.90. The van der Waals surface area contributed by atoms with E-state index in [1.54, 1.807) is 26.8 Å². The van der Waals surface area contributed by atoms with Gasteiger partial charge in [0.05, 0.1) is 18.7 Å². The lowest BCUT2D eigenvalue weighted by Crippen LogP contribution is -2.48. The minimum Gasteiger partial charge on any atom is -0.459 e. The highest BCUT2D eigenvalue weighted by molar-refractivity contribution is 5.90. The van der Waals surface area contributed by atoms with Crippen LogP contribution in [0.1, 0.15) is 20.8 Å². The van der Waals surface area contributed by atoms with E-state index in [9.17, 15) is 18.8 Å². The largest absolute Gasteiger partial charge is 0.459 e. The Morgan fingerprint density at radius 1 is 1.45 bits per heavy atom. The van der Waals surface area contributed by atoms with Crippen LogP contribution >= 0.6 is 0 Å². The molecular weight excluding hydrogens is 297 g/mol. The predicted molar refractivity (Wildman–Crippen MR) is 71.7 cm³/mol. The highest BCUT2D eigenvalue weighted by Gasteiger charge is 2.48. The van der Waals surface area contributed by atoms with Crippen LogP contribution in [0.25, 0.3) is 0 Å². The molecule has 0 aromatic rings. The lowest BCUT2D eigenvalue weighted by Gasteiger charge is -2.27. The molecule has 122 valence electrons. The number of hydrogen-bond acceptors (Lipinski definition) is 5. The number of carbonyl (C=O) groups is 3. The second-order valence-electron chi connectivity index (χ2n) is 5.45. The Bertz CT molecular complexity index is 536. The molecule has 1 unspecified atom stereocenters. The van der Waals surface area contributed by atoms with Crippen LogP contribution in [0.15, 0.2) is 11.6 Å². The zero-order valence-electron chi connectivity index (χ0n) is 12.5. The van der Waals surface area contributed by atoms with Crippen molar-refractivity contribution < 1.29 is 28.3 Å². The monoisotopic (exact) mass is 315 g/mol. The average Bonchev–Trinajstić information content (AvgIpc) is 2.62. The molecule has 8 nitrogen and oxygen atoms in total. The summed E-state index contributed by atoms with van der Waals surface area (Å²) in [6.07, 6.45) is -1.34. The van der Waals surface area contributed by atoms with Crippen molar-refractivity contribution in [3.05, 3.63) is 11.6 Å².